The lowest BCUT2D eigenvalue weighted by molar-refractivity contribution is -0.147. The van der Waals surface area contributed by atoms with Gasteiger partial charge in [-0.2, -0.15) is 0 Å². The van der Waals surface area contributed by atoms with Gasteiger partial charge in [-0.1, -0.05) is 30.3 Å². The Morgan fingerprint density at radius 1 is 1.18 bits per heavy atom. The summed E-state index contributed by atoms with van der Waals surface area (Å²) in [5, 5.41) is 9.51. The molecule has 3 rings (SSSR count). The number of benzene rings is 1. The summed E-state index contributed by atoms with van der Waals surface area (Å²) in [6.45, 7) is 0.339. The molecule has 28 heavy (non-hydrogen) atoms. The molecule has 6 nitrogen and oxygen atoms in total. The van der Waals surface area contributed by atoms with E-state index in [0.717, 1.165) is 24.3 Å². The Labute approximate surface area is 173 Å². The van der Waals surface area contributed by atoms with Gasteiger partial charge < -0.3 is 14.9 Å². The molecule has 2 atom stereocenters. The van der Waals surface area contributed by atoms with Gasteiger partial charge >= 0.3 is 5.97 Å². The first-order valence-electron chi connectivity index (χ1n) is 9.45. The molecule has 2 saturated heterocycles. The summed E-state index contributed by atoms with van der Waals surface area (Å²) in [4.78, 5) is 35.9. The van der Waals surface area contributed by atoms with Crippen molar-refractivity contribution in [3.8, 4) is 0 Å². The van der Waals surface area contributed by atoms with E-state index in [2.05, 4.69) is 0 Å². The third kappa shape index (κ3) is 5.56. The van der Waals surface area contributed by atoms with Crippen molar-refractivity contribution in [2.75, 3.05) is 30.4 Å². The Morgan fingerprint density at radius 3 is 2.50 bits per heavy atom. The van der Waals surface area contributed by atoms with E-state index in [9.17, 15) is 24.2 Å². The molecule has 2 fully saturated rings. The number of likely N-dealkylation sites (tertiary alicyclic amines) is 1. The third-order valence-electron chi connectivity index (χ3n) is 5.16. The number of aliphatic carboxylic acids is 1. The smallest absolute Gasteiger partial charge is 0.326 e. The number of carboxylic acids is 1. The number of aryl methyl sites for hydroxylation is 1. The number of carbonyl (C=O) groups excluding carboxylic acids is 1. The molecule has 0 bridgehead atoms. The Balaban J connectivity index is 1.51. The van der Waals surface area contributed by atoms with Gasteiger partial charge in [0, 0.05) is 30.6 Å². The number of amides is 1. The highest BCUT2D eigenvalue weighted by atomic mass is 32.2. The molecule has 0 radical (unpaired) electrons. The average molecular weight is 444 g/mol. The number of carboxylic acid groups (broad SMARTS) is 1. The molecule has 2 aliphatic rings. The summed E-state index contributed by atoms with van der Waals surface area (Å²) in [6, 6.07) is 9.03. The van der Waals surface area contributed by atoms with Gasteiger partial charge in [-0.25, -0.2) is 4.79 Å². The van der Waals surface area contributed by atoms with E-state index < -0.39 is 31.4 Å². The van der Waals surface area contributed by atoms with Crippen LogP contribution in [0.1, 0.15) is 24.8 Å². The first-order chi connectivity index (χ1) is 13.3. The number of unbranched alkanes of at least 4 members (excludes halogenated alkanes) is 1. The maximum Gasteiger partial charge on any atom is 0.326 e. The van der Waals surface area contributed by atoms with Crippen LogP contribution in [0.5, 0.6) is 0 Å². The quantitative estimate of drug-likeness (QED) is 0.471. The summed E-state index contributed by atoms with van der Waals surface area (Å²) in [7, 11) is -3.62. The van der Waals surface area contributed by atoms with E-state index in [1.165, 1.54) is 10.5 Å². The second-order valence-corrected chi connectivity index (χ2v) is 13.0. The molecule has 0 saturated carbocycles. The number of thioether (sulfide) groups is 2. The second-order valence-electron chi connectivity index (χ2n) is 7.36. The molecule has 2 N–H and O–H groups in total. The van der Waals surface area contributed by atoms with Crippen LogP contribution in [0.2, 0.25) is 0 Å². The molecule has 9 heteroatoms. The van der Waals surface area contributed by atoms with Crippen molar-refractivity contribution in [3.05, 3.63) is 35.9 Å². The minimum atomic E-state index is -3.62. The highest BCUT2D eigenvalue weighted by Gasteiger charge is 2.51. The van der Waals surface area contributed by atoms with Crippen LogP contribution in [-0.4, -0.2) is 67.3 Å². The van der Waals surface area contributed by atoms with E-state index in [-0.39, 0.29) is 10.2 Å². The Kier molecular flexibility index (Phi) is 7.18. The van der Waals surface area contributed by atoms with Crippen molar-refractivity contribution >= 4 is 42.8 Å². The van der Waals surface area contributed by atoms with E-state index in [1.807, 2.05) is 30.3 Å². The lowest BCUT2D eigenvalue weighted by atomic mass is 10.1. The zero-order valence-electron chi connectivity index (χ0n) is 15.7. The van der Waals surface area contributed by atoms with E-state index >= 15 is 0 Å². The number of hydrogen-bond donors (Lipinski definition) is 2. The van der Waals surface area contributed by atoms with E-state index in [0.29, 0.717) is 19.4 Å². The fourth-order valence-electron chi connectivity index (χ4n) is 3.74. The lowest BCUT2D eigenvalue weighted by Crippen LogP contribution is -2.42. The summed E-state index contributed by atoms with van der Waals surface area (Å²) in [5.74, 6) is 0.345. The zero-order chi connectivity index (χ0) is 20.2. The van der Waals surface area contributed by atoms with Crippen LogP contribution in [0.15, 0.2) is 30.3 Å². The molecule has 1 amide bonds. The second kappa shape index (κ2) is 9.24. The zero-order valence-corrected chi connectivity index (χ0v) is 18.2. The number of nitrogens with zero attached hydrogens (tertiary/aromatic N) is 1. The molecular weight excluding hydrogens is 417 g/mol. The van der Waals surface area contributed by atoms with Crippen molar-refractivity contribution in [1.29, 1.82) is 0 Å². The highest BCUT2D eigenvalue weighted by Crippen LogP contribution is 2.52. The molecule has 1 aromatic carbocycles. The first kappa shape index (κ1) is 21.8. The standard InChI is InChI=1S/C19H26NO5PS2/c21-17(20-14-19(27-10-11-28-19)12-16(20)18(22)23)13-26(24,25)9-5-4-8-15-6-2-1-3-7-15/h1-3,6-7,16H,4-5,8-14H2,(H,22,23)(H,24,25)/t16-/m0/s1. The minimum Gasteiger partial charge on any atom is -0.480 e. The third-order valence-corrected chi connectivity index (χ3v) is 10.4. The van der Waals surface area contributed by atoms with Gasteiger partial charge in [-0.05, 0) is 24.8 Å². The van der Waals surface area contributed by atoms with Crippen LogP contribution in [-0.2, 0) is 20.6 Å². The van der Waals surface area contributed by atoms with E-state index in [4.69, 9.17) is 0 Å². The normalized spacial score (nSPS) is 23.0. The molecule has 0 aliphatic carbocycles. The SMILES string of the molecule is O=C(O)[C@@H]1CC2(CN1C(=O)CP(=O)(O)CCCCc1ccccc1)SCCS2. The number of carbonyl (C=O) groups is 2. The van der Waals surface area contributed by atoms with E-state index in [1.54, 1.807) is 23.5 Å². The van der Waals surface area contributed by atoms with Crippen LogP contribution < -0.4 is 0 Å². The molecule has 1 aromatic rings. The van der Waals surface area contributed by atoms with Crippen molar-refractivity contribution in [2.24, 2.45) is 0 Å². The monoisotopic (exact) mass is 443 g/mol. The molecular formula is C19H26NO5PS2. The summed E-state index contributed by atoms with van der Waals surface area (Å²) < 4.78 is 12.3. The fourth-order valence-corrected chi connectivity index (χ4v) is 8.48. The number of hydrogen-bond acceptors (Lipinski definition) is 5. The minimum absolute atomic E-state index is 0.0891. The fraction of sp³-hybridized carbons (Fsp3) is 0.579. The Bertz CT molecular complexity index is 754. The summed E-state index contributed by atoms with van der Waals surface area (Å²) in [5.41, 5.74) is 1.18. The van der Waals surface area contributed by atoms with Crippen LogP contribution in [0.4, 0.5) is 0 Å². The topological polar surface area (TPSA) is 94.9 Å². The summed E-state index contributed by atoms with van der Waals surface area (Å²) >= 11 is 3.40. The van der Waals surface area contributed by atoms with Crippen molar-refractivity contribution in [3.63, 3.8) is 0 Å². The highest BCUT2D eigenvalue weighted by molar-refractivity contribution is 8.21. The molecule has 2 aliphatic heterocycles. The van der Waals surface area contributed by atoms with Crippen LogP contribution in [0.25, 0.3) is 0 Å². The molecule has 1 spiro atoms. The predicted octanol–water partition coefficient (Wildman–Crippen LogP) is 3.14. The largest absolute Gasteiger partial charge is 0.480 e. The van der Waals surface area contributed by atoms with Gasteiger partial charge in [0.15, 0.2) is 0 Å². The lowest BCUT2D eigenvalue weighted by Gasteiger charge is -2.24. The Hall–Kier alpha value is -0.950. The molecule has 1 unspecified atom stereocenters. The van der Waals surface area contributed by atoms with Crippen molar-refractivity contribution in [2.45, 2.75) is 35.8 Å². The Morgan fingerprint density at radius 2 is 1.86 bits per heavy atom. The average Bonchev–Trinajstić information content (AvgIpc) is 3.27. The maximum atomic E-state index is 12.7. The van der Waals surface area contributed by atoms with Crippen molar-refractivity contribution < 1.29 is 24.2 Å². The maximum absolute atomic E-state index is 12.7. The van der Waals surface area contributed by atoms with Gasteiger partial charge in [0.2, 0.25) is 13.3 Å². The molecule has 154 valence electrons. The first-order valence-corrected chi connectivity index (χ1v) is 13.5. The van der Waals surface area contributed by atoms with Gasteiger partial charge in [0.1, 0.15) is 12.2 Å². The molecule has 2 heterocycles. The van der Waals surface area contributed by atoms with Crippen LogP contribution in [0.3, 0.4) is 0 Å². The van der Waals surface area contributed by atoms with Crippen LogP contribution >= 0.6 is 30.9 Å². The van der Waals surface area contributed by atoms with Crippen molar-refractivity contribution in [1.82, 2.24) is 4.90 Å². The molecule has 0 aromatic heterocycles. The van der Waals surface area contributed by atoms with Gasteiger partial charge in [0.05, 0.1) is 4.08 Å². The predicted molar refractivity (Wildman–Crippen MR) is 114 cm³/mol. The van der Waals surface area contributed by atoms with Gasteiger partial charge in [0.25, 0.3) is 0 Å². The van der Waals surface area contributed by atoms with Gasteiger partial charge in [-0.15, -0.1) is 23.5 Å². The summed E-state index contributed by atoms with van der Waals surface area (Å²) in [6.07, 6.45) is 2.20. The van der Waals surface area contributed by atoms with Crippen LogP contribution in [0, 0.1) is 0 Å². The number of rotatable bonds is 8. The van der Waals surface area contributed by atoms with Gasteiger partial charge in [-0.3, -0.25) is 9.36 Å².